The van der Waals surface area contributed by atoms with Crippen molar-refractivity contribution in [3.63, 3.8) is 0 Å². The van der Waals surface area contributed by atoms with Crippen molar-refractivity contribution in [1.82, 2.24) is 0 Å². The van der Waals surface area contributed by atoms with Crippen LogP contribution in [0, 0.1) is 5.92 Å². The number of anilines is 1. The highest BCUT2D eigenvalue weighted by molar-refractivity contribution is 6.36. The Bertz CT molecular complexity index is 845. The molecule has 2 aromatic rings. The van der Waals surface area contributed by atoms with Gasteiger partial charge in [0.1, 0.15) is 0 Å². The van der Waals surface area contributed by atoms with Gasteiger partial charge in [-0.25, -0.2) is 4.79 Å². The van der Waals surface area contributed by atoms with Crippen LogP contribution in [-0.4, -0.2) is 11.1 Å². The molecule has 5 heteroatoms. The predicted octanol–water partition coefficient (Wildman–Crippen LogP) is 5.52. The molecule has 2 aromatic carbocycles. The van der Waals surface area contributed by atoms with Crippen LogP contribution >= 0.6 is 23.2 Å². The fourth-order valence-electron chi connectivity index (χ4n) is 3.79. The van der Waals surface area contributed by atoms with Gasteiger partial charge in [0.25, 0.3) is 0 Å². The summed E-state index contributed by atoms with van der Waals surface area (Å²) in [4.78, 5) is 11.1. The molecule has 2 aliphatic rings. The first-order chi connectivity index (χ1) is 11.6. The number of allylic oxidation sites excluding steroid dienone is 2. The smallest absolute Gasteiger partial charge is 0.335 e. The lowest BCUT2D eigenvalue weighted by atomic mass is 9.77. The van der Waals surface area contributed by atoms with E-state index in [1.807, 2.05) is 18.2 Å². The summed E-state index contributed by atoms with van der Waals surface area (Å²) >= 11 is 12.8. The number of carboxylic acid groups (broad SMARTS) is 1. The van der Waals surface area contributed by atoms with E-state index in [2.05, 4.69) is 17.5 Å². The maximum absolute atomic E-state index is 11.1. The second-order valence-corrected chi connectivity index (χ2v) is 7.03. The lowest BCUT2D eigenvalue weighted by molar-refractivity contribution is 0.0697. The molecule has 0 bridgehead atoms. The van der Waals surface area contributed by atoms with Crippen molar-refractivity contribution in [3.8, 4) is 0 Å². The van der Waals surface area contributed by atoms with Gasteiger partial charge in [-0.3, -0.25) is 0 Å². The second kappa shape index (κ2) is 5.83. The summed E-state index contributed by atoms with van der Waals surface area (Å²) in [6.45, 7) is 0. The van der Waals surface area contributed by atoms with Crippen molar-refractivity contribution in [2.45, 2.75) is 18.4 Å². The van der Waals surface area contributed by atoms with Gasteiger partial charge in [0, 0.05) is 16.5 Å². The molecule has 0 saturated carbocycles. The first-order valence-corrected chi connectivity index (χ1v) is 8.56. The summed E-state index contributed by atoms with van der Waals surface area (Å²) in [6.07, 6.45) is 5.33. The van der Waals surface area contributed by atoms with Gasteiger partial charge in [-0.15, -0.1) is 0 Å². The Morgan fingerprint density at radius 3 is 2.50 bits per heavy atom. The van der Waals surface area contributed by atoms with E-state index >= 15 is 0 Å². The van der Waals surface area contributed by atoms with E-state index in [-0.39, 0.29) is 17.5 Å². The molecular formula is C19H15Cl2NO2. The largest absolute Gasteiger partial charge is 0.478 e. The van der Waals surface area contributed by atoms with Gasteiger partial charge in [-0.1, -0.05) is 47.5 Å². The molecule has 4 rings (SSSR count). The highest BCUT2D eigenvalue weighted by atomic mass is 35.5. The second-order valence-electron chi connectivity index (χ2n) is 6.22. The highest BCUT2D eigenvalue weighted by Crippen LogP contribution is 2.53. The van der Waals surface area contributed by atoms with Crippen LogP contribution in [0.1, 0.15) is 39.9 Å². The summed E-state index contributed by atoms with van der Waals surface area (Å²) < 4.78 is 0. The summed E-state index contributed by atoms with van der Waals surface area (Å²) in [7, 11) is 0. The van der Waals surface area contributed by atoms with Crippen molar-refractivity contribution in [1.29, 1.82) is 0 Å². The quantitative estimate of drug-likeness (QED) is 0.694. The number of carbonyl (C=O) groups is 1. The maximum atomic E-state index is 11.1. The number of rotatable bonds is 2. The van der Waals surface area contributed by atoms with E-state index < -0.39 is 5.97 Å². The van der Waals surface area contributed by atoms with Gasteiger partial charge in [0.05, 0.1) is 22.3 Å². The minimum atomic E-state index is -0.918. The molecule has 1 heterocycles. The first-order valence-electron chi connectivity index (χ1n) is 7.80. The Kier molecular flexibility index (Phi) is 3.78. The van der Waals surface area contributed by atoms with Crippen molar-refractivity contribution < 1.29 is 9.90 Å². The summed E-state index contributed by atoms with van der Waals surface area (Å²) in [5.74, 6) is -0.362. The molecule has 24 heavy (non-hydrogen) atoms. The van der Waals surface area contributed by atoms with Crippen LogP contribution in [0.3, 0.4) is 0 Å². The standard InChI is InChI=1S/C19H15Cl2NO2/c20-14-8-9-15(21)18-16(14)12-2-1-3-13(12)17(22-18)10-4-6-11(7-5-10)19(23)24/h1-2,4-9,12-13,17,22H,3H2,(H,23,24)/t12-,13-,17-/m1/s1. The molecular weight excluding hydrogens is 345 g/mol. The number of hydrogen-bond acceptors (Lipinski definition) is 2. The third-order valence-corrected chi connectivity index (χ3v) is 5.58. The fraction of sp³-hybridized carbons (Fsp3) is 0.211. The van der Waals surface area contributed by atoms with Gasteiger partial charge in [-0.05, 0) is 42.2 Å². The third kappa shape index (κ3) is 2.40. The van der Waals surface area contributed by atoms with E-state index in [9.17, 15) is 4.79 Å². The topological polar surface area (TPSA) is 49.3 Å². The van der Waals surface area contributed by atoms with Crippen molar-refractivity contribution in [2.24, 2.45) is 5.92 Å². The minimum absolute atomic E-state index is 0.0660. The molecule has 0 aromatic heterocycles. The molecule has 1 aliphatic heterocycles. The van der Waals surface area contributed by atoms with Gasteiger partial charge < -0.3 is 10.4 Å². The number of benzene rings is 2. The van der Waals surface area contributed by atoms with Crippen molar-refractivity contribution in [2.75, 3.05) is 5.32 Å². The molecule has 0 radical (unpaired) electrons. The summed E-state index contributed by atoms with van der Waals surface area (Å²) in [5, 5.41) is 14.0. The minimum Gasteiger partial charge on any atom is -0.478 e. The zero-order chi connectivity index (χ0) is 16.8. The zero-order valence-corrected chi connectivity index (χ0v) is 14.2. The summed E-state index contributed by atoms with van der Waals surface area (Å²) in [6, 6.07) is 10.8. The van der Waals surface area contributed by atoms with Crippen molar-refractivity contribution in [3.05, 3.63) is 75.3 Å². The monoisotopic (exact) mass is 359 g/mol. The van der Waals surface area contributed by atoms with Gasteiger partial charge >= 0.3 is 5.97 Å². The SMILES string of the molecule is O=C(O)c1ccc([C@H]2Nc3c(Cl)ccc(Cl)c3[C@@H]3C=CC[C@@H]23)cc1. The Balaban J connectivity index is 1.78. The highest BCUT2D eigenvalue weighted by Gasteiger charge is 2.39. The maximum Gasteiger partial charge on any atom is 0.335 e. The number of halogens is 2. The average Bonchev–Trinajstić information content (AvgIpc) is 3.07. The molecule has 0 amide bonds. The third-order valence-electron chi connectivity index (χ3n) is 4.93. The van der Waals surface area contributed by atoms with Crippen LogP contribution in [0.25, 0.3) is 0 Å². The van der Waals surface area contributed by atoms with E-state index in [1.165, 1.54) is 0 Å². The Labute approximate surface area is 149 Å². The van der Waals surface area contributed by atoms with Gasteiger partial charge in [0.15, 0.2) is 0 Å². The number of hydrogen-bond donors (Lipinski definition) is 2. The fourth-order valence-corrected chi connectivity index (χ4v) is 4.29. The Hall–Kier alpha value is -1.97. The Morgan fingerprint density at radius 2 is 1.79 bits per heavy atom. The normalized spacial score (nSPS) is 24.2. The number of nitrogens with one attached hydrogen (secondary N) is 1. The van der Waals surface area contributed by atoms with Gasteiger partial charge in [0.2, 0.25) is 0 Å². The molecule has 122 valence electrons. The first kappa shape index (κ1) is 15.6. The predicted molar refractivity (Wildman–Crippen MR) is 96.2 cm³/mol. The van der Waals surface area contributed by atoms with E-state index in [4.69, 9.17) is 28.3 Å². The van der Waals surface area contributed by atoms with Gasteiger partial charge in [-0.2, -0.15) is 0 Å². The van der Waals surface area contributed by atoms with Crippen LogP contribution in [0.5, 0.6) is 0 Å². The molecule has 0 fully saturated rings. The van der Waals surface area contributed by atoms with Crippen LogP contribution < -0.4 is 5.32 Å². The molecule has 0 unspecified atom stereocenters. The summed E-state index contributed by atoms with van der Waals surface area (Å²) in [5.41, 5.74) is 3.28. The molecule has 3 nitrogen and oxygen atoms in total. The molecule has 0 saturated heterocycles. The number of aromatic carboxylic acids is 1. The lowest BCUT2D eigenvalue weighted by Gasteiger charge is -2.38. The number of carboxylic acids is 1. The van der Waals surface area contributed by atoms with E-state index in [0.717, 1.165) is 28.3 Å². The van der Waals surface area contributed by atoms with Crippen molar-refractivity contribution >= 4 is 34.9 Å². The lowest BCUT2D eigenvalue weighted by Crippen LogP contribution is -2.29. The average molecular weight is 360 g/mol. The molecule has 0 spiro atoms. The van der Waals surface area contributed by atoms with Crippen LogP contribution in [0.15, 0.2) is 48.6 Å². The zero-order valence-electron chi connectivity index (χ0n) is 12.7. The van der Waals surface area contributed by atoms with E-state index in [1.54, 1.807) is 18.2 Å². The Morgan fingerprint density at radius 1 is 1.08 bits per heavy atom. The molecule has 2 N–H and O–H groups in total. The number of fused-ring (bicyclic) bond motifs is 3. The van der Waals surface area contributed by atoms with Crippen LogP contribution in [0.2, 0.25) is 10.0 Å². The molecule has 3 atom stereocenters. The van der Waals surface area contributed by atoms with Crippen LogP contribution in [0.4, 0.5) is 5.69 Å². The molecule has 1 aliphatic carbocycles. The van der Waals surface area contributed by atoms with E-state index in [0.29, 0.717) is 10.9 Å². The van der Waals surface area contributed by atoms with Crippen LogP contribution in [-0.2, 0) is 0 Å².